The minimum atomic E-state index is -0.226. The Balaban J connectivity index is 1.90. The third kappa shape index (κ3) is 2.98. The van der Waals surface area contributed by atoms with Crippen LogP contribution < -0.4 is 0 Å². The smallest absolute Gasteiger partial charge is 0.333 e. The molecule has 4 unspecified atom stereocenters. The highest BCUT2D eigenvalue weighted by Crippen LogP contribution is 2.57. The fourth-order valence-electron chi connectivity index (χ4n) is 5.65. The number of fused-ring (bicyclic) bond motifs is 2. The molecule has 3 rings (SSSR count). The highest BCUT2D eigenvalue weighted by molar-refractivity contribution is 5.87. The Morgan fingerprint density at radius 3 is 2.45 bits per heavy atom. The molecule has 2 bridgehead atoms. The van der Waals surface area contributed by atoms with Crippen molar-refractivity contribution in [3.63, 3.8) is 0 Å². The lowest BCUT2D eigenvalue weighted by Gasteiger charge is -2.45. The van der Waals surface area contributed by atoms with E-state index in [1.165, 1.54) is 44.9 Å². The lowest BCUT2D eigenvalue weighted by molar-refractivity contribution is -0.170. The molecule has 0 saturated heterocycles. The van der Waals surface area contributed by atoms with Gasteiger partial charge in [-0.2, -0.15) is 0 Å². The maximum atomic E-state index is 12.4. The molecule has 0 aromatic heterocycles. The zero-order valence-corrected chi connectivity index (χ0v) is 14.6. The van der Waals surface area contributed by atoms with Crippen LogP contribution in [-0.2, 0) is 9.53 Å². The first-order valence-corrected chi connectivity index (χ1v) is 9.20. The Kier molecular flexibility index (Phi) is 4.16. The van der Waals surface area contributed by atoms with Crippen molar-refractivity contribution in [1.29, 1.82) is 0 Å². The summed E-state index contributed by atoms with van der Waals surface area (Å²) in [5, 5.41) is 0. The number of ether oxygens (including phenoxy) is 1. The molecule has 0 aromatic carbocycles. The second kappa shape index (κ2) is 5.69. The van der Waals surface area contributed by atoms with Crippen LogP contribution in [0.5, 0.6) is 0 Å². The molecular weight excluding hydrogens is 272 g/mol. The van der Waals surface area contributed by atoms with Crippen LogP contribution in [0.4, 0.5) is 0 Å². The van der Waals surface area contributed by atoms with E-state index in [1.54, 1.807) is 6.92 Å². The number of rotatable bonds is 3. The molecule has 124 valence electrons. The van der Waals surface area contributed by atoms with Crippen LogP contribution in [0.3, 0.4) is 0 Å². The number of carbonyl (C=O) groups is 1. The van der Waals surface area contributed by atoms with Crippen molar-refractivity contribution in [2.75, 3.05) is 0 Å². The molecule has 3 aliphatic rings. The fraction of sp³-hybridized carbons (Fsp3) is 0.850. The van der Waals surface area contributed by atoms with Crippen LogP contribution >= 0.6 is 0 Å². The van der Waals surface area contributed by atoms with E-state index >= 15 is 0 Å². The summed E-state index contributed by atoms with van der Waals surface area (Å²) in [6.45, 7) is 10.3. The topological polar surface area (TPSA) is 26.3 Å². The van der Waals surface area contributed by atoms with Gasteiger partial charge in [-0.05, 0) is 69.1 Å². The maximum absolute atomic E-state index is 12.4. The van der Waals surface area contributed by atoms with E-state index in [1.807, 2.05) is 0 Å². The SMILES string of the molecule is C=C(C)C(=O)OC1(C2CC3CCC2C3)CCCCC(C)(C)C1. The van der Waals surface area contributed by atoms with Gasteiger partial charge in [0.2, 0.25) is 0 Å². The van der Waals surface area contributed by atoms with Gasteiger partial charge in [-0.3, -0.25) is 0 Å². The van der Waals surface area contributed by atoms with Crippen molar-refractivity contribution in [2.24, 2.45) is 23.2 Å². The molecular formula is C20H32O2. The quantitative estimate of drug-likeness (QED) is 0.403. The third-order valence-electron chi connectivity index (χ3n) is 6.54. The Bertz CT molecular complexity index is 464. The van der Waals surface area contributed by atoms with E-state index in [2.05, 4.69) is 20.4 Å². The van der Waals surface area contributed by atoms with Crippen molar-refractivity contribution in [1.82, 2.24) is 0 Å². The molecule has 0 amide bonds. The summed E-state index contributed by atoms with van der Waals surface area (Å²) >= 11 is 0. The monoisotopic (exact) mass is 304 g/mol. The Labute approximate surface area is 135 Å². The summed E-state index contributed by atoms with van der Waals surface area (Å²) < 4.78 is 6.25. The second-order valence-electron chi connectivity index (χ2n) is 9.06. The van der Waals surface area contributed by atoms with Gasteiger partial charge in [-0.25, -0.2) is 4.79 Å². The molecule has 0 heterocycles. The van der Waals surface area contributed by atoms with Gasteiger partial charge >= 0.3 is 5.97 Å². The van der Waals surface area contributed by atoms with Crippen molar-refractivity contribution >= 4 is 5.97 Å². The van der Waals surface area contributed by atoms with Gasteiger partial charge in [0.25, 0.3) is 0 Å². The lowest BCUT2D eigenvalue weighted by Crippen LogP contribution is -2.47. The normalized spacial score (nSPS) is 40.2. The summed E-state index contributed by atoms with van der Waals surface area (Å²) in [6.07, 6.45) is 11.2. The van der Waals surface area contributed by atoms with Crippen molar-refractivity contribution < 1.29 is 9.53 Å². The van der Waals surface area contributed by atoms with Gasteiger partial charge in [0, 0.05) is 11.5 Å². The van der Waals surface area contributed by atoms with Crippen LogP contribution in [-0.4, -0.2) is 11.6 Å². The van der Waals surface area contributed by atoms with Gasteiger partial charge < -0.3 is 4.74 Å². The van der Waals surface area contributed by atoms with Crippen LogP contribution in [0.25, 0.3) is 0 Å². The van der Waals surface area contributed by atoms with E-state index in [-0.39, 0.29) is 17.0 Å². The zero-order valence-electron chi connectivity index (χ0n) is 14.6. The first kappa shape index (κ1) is 16.1. The average Bonchev–Trinajstić information content (AvgIpc) is 3.02. The molecule has 4 atom stereocenters. The first-order valence-electron chi connectivity index (χ1n) is 9.20. The first-order chi connectivity index (χ1) is 10.3. The van der Waals surface area contributed by atoms with Crippen molar-refractivity contribution in [2.45, 2.75) is 84.2 Å². The summed E-state index contributed by atoms with van der Waals surface area (Å²) in [7, 11) is 0. The number of hydrogen-bond acceptors (Lipinski definition) is 2. The third-order valence-corrected chi connectivity index (χ3v) is 6.54. The number of hydrogen-bond donors (Lipinski definition) is 0. The average molecular weight is 304 g/mol. The minimum Gasteiger partial charge on any atom is -0.455 e. The van der Waals surface area contributed by atoms with Crippen LogP contribution in [0.15, 0.2) is 12.2 Å². The summed E-state index contributed by atoms with van der Waals surface area (Å²) in [5.74, 6) is 2.10. The van der Waals surface area contributed by atoms with E-state index < -0.39 is 0 Å². The number of carbonyl (C=O) groups excluding carboxylic acids is 1. The molecule has 22 heavy (non-hydrogen) atoms. The molecule has 0 aromatic rings. The summed E-state index contributed by atoms with van der Waals surface area (Å²) in [6, 6.07) is 0. The molecule has 0 N–H and O–H groups in total. The van der Waals surface area contributed by atoms with Crippen LogP contribution in [0, 0.1) is 23.2 Å². The maximum Gasteiger partial charge on any atom is 0.333 e. The van der Waals surface area contributed by atoms with Gasteiger partial charge in [0.05, 0.1) is 0 Å². The zero-order chi connectivity index (χ0) is 16.0. The van der Waals surface area contributed by atoms with E-state index in [0.29, 0.717) is 11.5 Å². The van der Waals surface area contributed by atoms with Crippen molar-refractivity contribution in [3.8, 4) is 0 Å². The molecule has 2 heteroatoms. The van der Waals surface area contributed by atoms with Gasteiger partial charge in [0.15, 0.2) is 0 Å². The van der Waals surface area contributed by atoms with Crippen LogP contribution in [0.1, 0.15) is 78.6 Å². The molecule has 3 fully saturated rings. The largest absolute Gasteiger partial charge is 0.455 e. The van der Waals surface area contributed by atoms with E-state index in [9.17, 15) is 4.79 Å². The standard InChI is InChI=1S/C20H32O2/c1-14(2)18(21)22-20(10-6-5-9-19(3,4)13-20)17-12-15-7-8-16(17)11-15/h15-17H,1,5-13H2,2-4H3. The molecule has 0 radical (unpaired) electrons. The van der Waals surface area contributed by atoms with Gasteiger partial charge in [-0.1, -0.05) is 33.3 Å². The summed E-state index contributed by atoms with van der Waals surface area (Å²) in [4.78, 5) is 12.4. The van der Waals surface area contributed by atoms with Gasteiger partial charge in [-0.15, -0.1) is 0 Å². The predicted octanol–water partition coefficient (Wildman–Crippen LogP) is 5.27. The molecule has 0 aliphatic heterocycles. The Morgan fingerprint density at radius 2 is 1.86 bits per heavy atom. The highest BCUT2D eigenvalue weighted by atomic mass is 16.6. The second-order valence-corrected chi connectivity index (χ2v) is 9.06. The highest BCUT2D eigenvalue weighted by Gasteiger charge is 2.54. The lowest BCUT2D eigenvalue weighted by atomic mass is 9.68. The van der Waals surface area contributed by atoms with Gasteiger partial charge in [0.1, 0.15) is 5.60 Å². The Morgan fingerprint density at radius 1 is 1.14 bits per heavy atom. The molecule has 3 aliphatic carbocycles. The van der Waals surface area contributed by atoms with Crippen molar-refractivity contribution in [3.05, 3.63) is 12.2 Å². The van der Waals surface area contributed by atoms with E-state index in [4.69, 9.17) is 4.74 Å². The fourth-order valence-corrected chi connectivity index (χ4v) is 5.65. The summed E-state index contributed by atoms with van der Waals surface area (Å²) in [5.41, 5.74) is 0.591. The minimum absolute atomic E-state index is 0.166. The number of esters is 1. The predicted molar refractivity (Wildman–Crippen MR) is 89.4 cm³/mol. The Hall–Kier alpha value is -0.790. The molecule has 2 nitrogen and oxygen atoms in total. The van der Waals surface area contributed by atoms with E-state index in [0.717, 1.165) is 24.7 Å². The molecule has 3 saturated carbocycles. The van der Waals surface area contributed by atoms with Crippen LogP contribution in [0.2, 0.25) is 0 Å². The molecule has 0 spiro atoms.